The zero-order chi connectivity index (χ0) is 24.9. The number of hydrogen-bond acceptors (Lipinski definition) is 5. The number of amides is 1. The molecule has 2 heterocycles. The molecule has 1 saturated heterocycles. The topological polar surface area (TPSA) is 70.0 Å². The first-order valence-electron chi connectivity index (χ1n) is 12.2. The van der Waals surface area contributed by atoms with Crippen molar-refractivity contribution >= 4 is 22.8 Å². The zero-order valence-electron chi connectivity index (χ0n) is 21.0. The molecule has 1 aliphatic rings. The van der Waals surface area contributed by atoms with Crippen molar-refractivity contribution in [3.63, 3.8) is 0 Å². The third kappa shape index (κ3) is 5.29. The Balaban J connectivity index is 1.70. The van der Waals surface area contributed by atoms with Crippen LogP contribution in [-0.4, -0.2) is 55.3 Å². The van der Waals surface area contributed by atoms with Gasteiger partial charge >= 0.3 is 5.97 Å². The molecule has 0 N–H and O–H groups in total. The molecule has 0 bridgehead atoms. The Bertz CT molecular complexity index is 1180. The number of nitrogens with zero attached hydrogens (tertiary/aromatic N) is 2. The monoisotopic (exact) mass is 478 g/mol. The second-order valence-corrected chi connectivity index (χ2v) is 9.05. The number of benzene rings is 2. The molecule has 0 saturated carbocycles. The Morgan fingerprint density at radius 2 is 1.80 bits per heavy atom. The van der Waals surface area contributed by atoms with Gasteiger partial charge < -0.3 is 23.7 Å². The number of para-hydroxylation sites is 1. The molecule has 0 radical (unpaired) electrons. The summed E-state index contributed by atoms with van der Waals surface area (Å²) in [5, 5.41) is 1.11. The summed E-state index contributed by atoms with van der Waals surface area (Å²) in [6.45, 7) is 3.21. The quantitative estimate of drug-likeness (QED) is 0.445. The number of methoxy groups -OCH3 is 2. The lowest BCUT2D eigenvalue weighted by Gasteiger charge is -2.32. The van der Waals surface area contributed by atoms with E-state index in [-0.39, 0.29) is 30.1 Å². The molecule has 35 heavy (non-hydrogen) atoms. The third-order valence-electron chi connectivity index (χ3n) is 6.85. The molecule has 7 nitrogen and oxygen atoms in total. The number of carbonyl (C=O) groups excluding carboxylic acids is 2. The number of aryl methyl sites for hydroxylation is 1. The SMILES string of the molecule is CCOC(=O)C1CCCN(C(=O)CC(c2cc(OC)cc(OC)c2)c2cn(C)c3ccccc23)C1. The minimum Gasteiger partial charge on any atom is -0.497 e. The number of ether oxygens (including phenoxy) is 3. The smallest absolute Gasteiger partial charge is 0.310 e. The second kappa shape index (κ2) is 10.8. The van der Waals surface area contributed by atoms with Crippen molar-refractivity contribution < 1.29 is 23.8 Å². The highest BCUT2D eigenvalue weighted by Crippen LogP contribution is 2.38. The molecular formula is C28H34N2O5. The molecule has 1 fully saturated rings. The average Bonchev–Trinajstić information content (AvgIpc) is 3.23. The van der Waals surface area contributed by atoms with Gasteiger partial charge in [0.1, 0.15) is 11.5 Å². The molecule has 1 amide bonds. The van der Waals surface area contributed by atoms with E-state index in [0.717, 1.165) is 34.9 Å². The van der Waals surface area contributed by atoms with Crippen LogP contribution in [0.4, 0.5) is 0 Å². The van der Waals surface area contributed by atoms with Crippen molar-refractivity contribution in [2.75, 3.05) is 33.9 Å². The summed E-state index contributed by atoms with van der Waals surface area (Å²) in [7, 11) is 5.27. The molecule has 7 heteroatoms. The van der Waals surface area contributed by atoms with E-state index in [1.54, 1.807) is 21.1 Å². The van der Waals surface area contributed by atoms with E-state index in [1.807, 2.05) is 42.3 Å². The first-order chi connectivity index (χ1) is 16.9. The second-order valence-electron chi connectivity index (χ2n) is 9.05. The standard InChI is InChI=1S/C28H34N2O5/c1-5-35-28(32)19-9-8-12-30(17-19)27(31)16-24(20-13-21(33-3)15-22(14-20)34-4)25-18-29(2)26-11-7-6-10-23(25)26/h6-7,10-11,13-15,18-19,24H,5,8-9,12,16-17H2,1-4H3. The third-order valence-corrected chi connectivity index (χ3v) is 6.85. The summed E-state index contributed by atoms with van der Waals surface area (Å²) >= 11 is 0. The summed E-state index contributed by atoms with van der Waals surface area (Å²) in [5.41, 5.74) is 3.13. The number of esters is 1. The zero-order valence-corrected chi connectivity index (χ0v) is 21.0. The number of rotatable bonds is 8. The van der Waals surface area contributed by atoms with Crippen LogP contribution in [0.3, 0.4) is 0 Å². The highest BCUT2D eigenvalue weighted by molar-refractivity contribution is 5.87. The first-order valence-corrected chi connectivity index (χ1v) is 12.2. The van der Waals surface area contributed by atoms with Gasteiger partial charge in [-0.05, 0) is 49.1 Å². The molecule has 1 aromatic heterocycles. The molecule has 186 valence electrons. The lowest BCUT2D eigenvalue weighted by Crippen LogP contribution is -2.43. The number of fused-ring (bicyclic) bond motifs is 1. The molecule has 2 unspecified atom stereocenters. The molecule has 2 aromatic carbocycles. The molecule has 2 atom stereocenters. The molecule has 0 spiro atoms. The summed E-state index contributed by atoms with van der Waals surface area (Å²) in [5.74, 6) is 0.697. The van der Waals surface area contributed by atoms with Crippen molar-refractivity contribution in [3.05, 3.63) is 59.8 Å². The predicted molar refractivity (Wildman–Crippen MR) is 135 cm³/mol. The highest BCUT2D eigenvalue weighted by Gasteiger charge is 2.32. The Hall–Kier alpha value is -3.48. The van der Waals surface area contributed by atoms with Gasteiger partial charge in [0.15, 0.2) is 0 Å². The molecule has 1 aliphatic heterocycles. The van der Waals surface area contributed by atoms with Crippen LogP contribution in [0, 0.1) is 5.92 Å². The average molecular weight is 479 g/mol. The Morgan fingerprint density at radius 1 is 1.09 bits per heavy atom. The Labute approximate surface area is 206 Å². The minimum absolute atomic E-state index is 0.0266. The van der Waals surface area contributed by atoms with Crippen molar-refractivity contribution in [1.82, 2.24) is 9.47 Å². The maximum Gasteiger partial charge on any atom is 0.310 e. The van der Waals surface area contributed by atoms with Crippen molar-refractivity contribution in [2.24, 2.45) is 13.0 Å². The van der Waals surface area contributed by atoms with Gasteiger partial charge in [0.25, 0.3) is 0 Å². The van der Waals surface area contributed by atoms with Gasteiger partial charge in [0.05, 0.1) is 26.7 Å². The van der Waals surface area contributed by atoms with Gasteiger partial charge in [-0.15, -0.1) is 0 Å². The Kier molecular flexibility index (Phi) is 7.63. The number of likely N-dealkylation sites (tertiary alicyclic amines) is 1. The fourth-order valence-corrected chi connectivity index (χ4v) is 5.05. The van der Waals surface area contributed by atoms with E-state index in [4.69, 9.17) is 14.2 Å². The Morgan fingerprint density at radius 3 is 2.49 bits per heavy atom. The normalized spacial score (nSPS) is 16.7. The molecule has 0 aliphatic carbocycles. The van der Waals surface area contributed by atoms with Crippen LogP contribution >= 0.6 is 0 Å². The van der Waals surface area contributed by atoms with Crippen molar-refractivity contribution in [2.45, 2.75) is 32.1 Å². The van der Waals surface area contributed by atoms with E-state index in [9.17, 15) is 9.59 Å². The van der Waals surface area contributed by atoms with Crippen LogP contribution in [0.1, 0.15) is 43.2 Å². The highest BCUT2D eigenvalue weighted by atomic mass is 16.5. The van der Waals surface area contributed by atoms with Crippen LogP contribution in [0.25, 0.3) is 10.9 Å². The van der Waals surface area contributed by atoms with E-state index in [1.165, 1.54) is 0 Å². The van der Waals surface area contributed by atoms with Crippen LogP contribution < -0.4 is 9.47 Å². The van der Waals surface area contributed by atoms with Gasteiger partial charge in [-0.3, -0.25) is 9.59 Å². The predicted octanol–water partition coefficient (Wildman–Crippen LogP) is 4.52. The van der Waals surface area contributed by atoms with Crippen LogP contribution in [0.15, 0.2) is 48.7 Å². The number of carbonyl (C=O) groups is 2. The summed E-state index contributed by atoms with van der Waals surface area (Å²) < 4.78 is 18.4. The lowest BCUT2D eigenvalue weighted by atomic mass is 9.87. The first kappa shape index (κ1) is 24.6. The van der Waals surface area contributed by atoms with Gasteiger partial charge in [0, 0.05) is 55.6 Å². The fourth-order valence-electron chi connectivity index (χ4n) is 5.05. The van der Waals surface area contributed by atoms with Gasteiger partial charge in [-0.25, -0.2) is 0 Å². The minimum atomic E-state index is -0.263. The molecular weight excluding hydrogens is 444 g/mol. The molecule has 4 rings (SSSR count). The summed E-state index contributed by atoms with van der Waals surface area (Å²) in [4.78, 5) is 27.8. The van der Waals surface area contributed by atoms with Gasteiger partial charge in [-0.2, -0.15) is 0 Å². The van der Waals surface area contributed by atoms with Crippen molar-refractivity contribution in [1.29, 1.82) is 0 Å². The summed E-state index contributed by atoms with van der Waals surface area (Å²) in [6, 6.07) is 14.0. The van der Waals surface area contributed by atoms with Gasteiger partial charge in [-0.1, -0.05) is 18.2 Å². The lowest BCUT2D eigenvalue weighted by molar-refractivity contribution is -0.151. The number of piperidine rings is 1. The fraction of sp³-hybridized carbons (Fsp3) is 0.429. The van der Waals surface area contributed by atoms with E-state index < -0.39 is 0 Å². The largest absolute Gasteiger partial charge is 0.497 e. The van der Waals surface area contributed by atoms with Crippen LogP contribution in [0.5, 0.6) is 11.5 Å². The number of aromatic nitrogens is 1. The van der Waals surface area contributed by atoms with E-state index in [0.29, 0.717) is 31.2 Å². The van der Waals surface area contributed by atoms with Crippen molar-refractivity contribution in [3.8, 4) is 11.5 Å². The maximum absolute atomic E-state index is 13.6. The number of hydrogen-bond donors (Lipinski definition) is 0. The summed E-state index contributed by atoms with van der Waals surface area (Å²) in [6.07, 6.45) is 3.93. The van der Waals surface area contributed by atoms with Gasteiger partial charge in [0.2, 0.25) is 5.91 Å². The maximum atomic E-state index is 13.6. The van der Waals surface area contributed by atoms with E-state index >= 15 is 0 Å². The van der Waals surface area contributed by atoms with E-state index in [2.05, 4.69) is 22.9 Å². The molecule has 3 aromatic rings. The van der Waals surface area contributed by atoms with Crippen LogP contribution in [-0.2, 0) is 21.4 Å². The van der Waals surface area contributed by atoms with Crippen LogP contribution in [0.2, 0.25) is 0 Å².